The van der Waals surface area contributed by atoms with Gasteiger partial charge in [-0.1, -0.05) is 140 Å². The molecule has 7 rings (SSSR count). The summed E-state index contributed by atoms with van der Waals surface area (Å²) in [5.41, 5.74) is 7.91. The van der Waals surface area contributed by atoms with Gasteiger partial charge in [-0.3, -0.25) is 4.98 Å². The van der Waals surface area contributed by atoms with Crippen molar-refractivity contribution in [3.8, 4) is 11.3 Å². The Hall–Kier alpha value is -4.20. The van der Waals surface area contributed by atoms with Gasteiger partial charge in [0.15, 0.2) is 0 Å². The molecule has 0 radical (unpaired) electrons. The van der Waals surface area contributed by atoms with Crippen molar-refractivity contribution in [2.75, 3.05) is 42.3 Å². The van der Waals surface area contributed by atoms with E-state index < -0.39 is 0 Å². The smallest absolute Gasteiger partial charge is 0.673 e. The number of aromatic nitrogens is 1. The molecule has 0 aliphatic carbocycles. The molecule has 1 atom stereocenters. The van der Waals surface area contributed by atoms with Crippen molar-refractivity contribution in [1.29, 1.82) is 0 Å². The number of hydrogen-bond donors (Lipinski definition) is 0. The predicted octanol–water partition coefficient (Wildman–Crippen LogP) is 13.0. The maximum atomic E-state index is 5.68. The molecule has 0 saturated carbocycles. The molecule has 6 heteroatoms. The van der Waals surface area contributed by atoms with E-state index in [2.05, 4.69) is 163 Å². The van der Waals surface area contributed by atoms with Crippen molar-refractivity contribution >= 4 is 38.0 Å². The number of benzene rings is 6. The monoisotopic (exact) mass is 853 g/mol. The Bertz CT molecular complexity index is 2040. The molecule has 0 amide bonds. The van der Waals surface area contributed by atoms with Crippen LogP contribution < -0.4 is 0 Å². The van der Waals surface area contributed by atoms with Crippen molar-refractivity contribution in [2.24, 2.45) is 0 Å². The molecular weight excluding hydrogens is 801 g/mol. The Morgan fingerprint density at radius 3 is 1.48 bits per heavy atom. The molecule has 0 fully saturated rings. The summed E-state index contributed by atoms with van der Waals surface area (Å²) in [4.78, 5) is 5.40. The number of pyridine rings is 1. The standard InChI is InChI=1S/C40H33N2.3C2H6N.Hf/c1-3-27-17-11-18-28(4-2)39(27)42-40(38-33-21-9-6-15-30(33)26-31-16-7-10-22-34(31)38)37-25-13-24-36(41-37)35-23-12-19-29-14-5-8-20-32(29)35;3*1-3-2;/h5-26,40H,3-4H2,1-2H3;3*1-2H3;/q4*-1;+4. The predicted molar refractivity (Wildman–Crippen MR) is 224 cm³/mol. The SMILES string of the molecule is CCc1cccc(CC)c1[N-]C(c1cccc(-c2cccc3ccccc23)n1)c1c2ccccc2cc2ccccc12.C[N-]C.C[N-]C.C[N-]C.[Hf+4]. The van der Waals surface area contributed by atoms with Crippen LogP contribution >= 0.6 is 0 Å². The zero-order valence-corrected chi connectivity index (χ0v) is 35.5. The summed E-state index contributed by atoms with van der Waals surface area (Å²) < 4.78 is 0. The number of hydrogen-bond acceptors (Lipinski definition) is 1. The molecule has 0 spiro atoms. The average molecular weight is 852 g/mol. The molecule has 5 nitrogen and oxygen atoms in total. The van der Waals surface area contributed by atoms with Crippen molar-refractivity contribution in [3.63, 3.8) is 0 Å². The molecule has 1 unspecified atom stereocenters. The van der Waals surface area contributed by atoms with E-state index in [1.165, 1.54) is 49.0 Å². The van der Waals surface area contributed by atoms with E-state index >= 15 is 0 Å². The molecule has 1 heterocycles. The van der Waals surface area contributed by atoms with Gasteiger partial charge in [-0.2, -0.15) is 42.3 Å². The van der Waals surface area contributed by atoms with Crippen LogP contribution in [-0.4, -0.2) is 47.3 Å². The first kappa shape index (κ1) is 42.2. The van der Waals surface area contributed by atoms with Crippen LogP contribution in [0.2, 0.25) is 0 Å². The maximum Gasteiger partial charge on any atom is 4.00 e. The van der Waals surface area contributed by atoms with Crippen molar-refractivity contribution in [1.82, 2.24) is 4.98 Å². The molecule has 0 aliphatic heterocycles. The molecular formula is C46H51HfN5. The van der Waals surface area contributed by atoms with E-state index in [9.17, 15) is 0 Å². The third kappa shape index (κ3) is 10.2. The molecule has 264 valence electrons. The summed E-state index contributed by atoms with van der Waals surface area (Å²) in [5, 5.41) is 23.5. The Labute approximate surface area is 330 Å². The second-order valence-corrected chi connectivity index (χ2v) is 12.2. The number of nitrogens with zero attached hydrogens (tertiary/aromatic N) is 5. The second kappa shape index (κ2) is 22.0. The fraction of sp³-hybridized carbons (Fsp3) is 0.239. The van der Waals surface area contributed by atoms with Crippen LogP contribution in [0, 0.1) is 0 Å². The second-order valence-electron chi connectivity index (χ2n) is 12.2. The van der Waals surface area contributed by atoms with Gasteiger partial charge < -0.3 is 21.3 Å². The zero-order valence-electron chi connectivity index (χ0n) is 31.9. The van der Waals surface area contributed by atoms with Gasteiger partial charge in [0.1, 0.15) is 0 Å². The first-order valence-electron chi connectivity index (χ1n) is 17.6. The van der Waals surface area contributed by atoms with Gasteiger partial charge in [0, 0.05) is 11.3 Å². The topological polar surface area (TPSA) is 69.3 Å². The summed E-state index contributed by atoms with van der Waals surface area (Å²) in [7, 11) is 10.5. The van der Waals surface area contributed by atoms with E-state index in [1.54, 1.807) is 42.3 Å². The van der Waals surface area contributed by atoms with Crippen LogP contribution in [0.4, 0.5) is 5.69 Å². The minimum Gasteiger partial charge on any atom is -0.673 e. The van der Waals surface area contributed by atoms with E-state index in [4.69, 9.17) is 10.3 Å². The molecule has 52 heavy (non-hydrogen) atoms. The fourth-order valence-electron chi connectivity index (χ4n) is 6.33. The summed E-state index contributed by atoms with van der Waals surface area (Å²) in [6, 6.07) is 47.4. The number of rotatable bonds is 7. The normalized spacial score (nSPS) is 10.8. The minimum atomic E-state index is -0.283. The molecule has 0 N–H and O–H groups in total. The van der Waals surface area contributed by atoms with E-state index in [-0.39, 0.29) is 31.9 Å². The quantitative estimate of drug-likeness (QED) is 0.116. The first-order valence-corrected chi connectivity index (χ1v) is 17.6. The molecule has 0 saturated heterocycles. The number of fused-ring (bicyclic) bond motifs is 3. The number of aryl methyl sites for hydroxylation is 2. The Kier molecular flexibility index (Phi) is 17.9. The third-order valence-corrected chi connectivity index (χ3v) is 8.43. The third-order valence-electron chi connectivity index (χ3n) is 8.43. The van der Waals surface area contributed by atoms with Gasteiger partial charge in [-0.05, 0) is 75.0 Å². The van der Waals surface area contributed by atoms with Crippen molar-refractivity contribution < 1.29 is 25.8 Å². The molecule has 7 aromatic rings. The van der Waals surface area contributed by atoms with Gasteiger partial charge in [0.05, 0.1) is 5.69 Å². The Morgan fingerprint density at radius 2 is 0.942 bits per heavy atom. The van der Waals surface area contributed by atoms with Crippen LogP contribution in [0.25, 0.3) is 64.8 Å². The van der Waals surface area contributed by atoms with Crippen molar-refractivity contribution in [3.05, 3.63) is 177 Å². The maximum absolute atomic E-state index is 5.68. The van der Waals surface area contributed by atoms with Gasteiger partial charge in [-0.15, -0.1) is 5.69 Å². The van der Waals surface area contributed by atoms with Crippen LogP contribution in [0.1, 0.15) is 42.3 Å². The van der Waals surface area contributed by atoms with Gasteiger partial charge in [0.25, 0.3) is 0 Å². The van der Waals surface area contributed by atoms with Crippen LogP contribution in [-0.2, 0) is 38.7 Å². The van der Waals surface area contributed by atoms with E-state index in [0.717, 1.165) is 35.5 Å². The molecule has 0 bridgehead atoms. The number of para-hydroxylation sites is 1. The first-order chi connectivity index (χ1) is 25.0. The van der Waals surface area contributed by atoms with Gasteiger partial charge in [0.2, 0.25) is 0 Å². The van der Waals surface area contributed by atoms with Gasteiger partial charge >= 0.3 is 25.8 Å². The molecule has 0 aliphatic rings. The average Bonchev–Trinajstić information content (AvgIpc) is 3.17. The van der Waals surface area contributed by atoms with E-state index in [0.29, 0.717) is 0 Å². The molecule has 1 aromatic heterocycles. The fourth-order valence-corrected chi connectivity index (χ4v) is 6.33. The largest absolute Gasteiger partial charge is 4.00 e. The summed E-state index contributed by atoms with van der Waals surface area (Å²) >= 11 is 0. The summed E-state index contributed by atoms with van der Waals surface area (Å²) in [6.07, 6.45) is 1.86. The van der Waals surface area contributed by atoms with Crippen LogP contribution in [0.15, 0.2) is 133 Å². The molecule has 6 aromatic carbocycles. The van der Waals surface area contributed by atoms with Crippen LogP contribution in [0.5, 0.6) is 0 Å². The van der Waals surface area contributed by atoms with Gasteiger partial charge in [-0.25, -0.2) is 0 Å². The van der Waals surface area contributed by atoms with Crippen LogP contribution in [0.3, 0.4) is 0 Å². The minimum absolute atomic E-state index is 0. The summed E-state index contributed by atoms with van der Waals surface area (Å²) in [6.45, 7) is 4.44. The summed E-state index contributed by atoms with van der Waals surface area (Å²) in [5.74, 6) is 0. The Balaban J connectivity index is 0.000000665. The zero-order chi connectivity index (χ0) is 36.6. The van der Waals surface area contributed by atoms with Crippen molar-refractivity contribution in [2.45, 2.75) is 32.7 Å². The van der Waals surface area contributed by atoms with E-state index in [1.807, 2.05) is 0 Å². The Morgan fingerprint density at radius 1 is 0.500 bits per heavy atom.